The molecule has 0 spiro atoms. The van der Waals surface area contributed by atoms with Gasteiger partial charge in [-0.25, -0.2) is 4.79 Å². The van der Waals surface area contributed by atoms with E-state index < -0.39 is 0 Å². The van der Waals surface area contributed by atoms with Crippen molar-refractivity contribution >= 4 is 11.7 Å². The topological polar surface area (TPSA) is 38.8 Å². The summed E-state index contributed by atoms with van der Waals surface area (Å²) >= 11 is 0. The van der Waals surface area contributed by atoms with Gasteiger partial charge in [0, 0.05) is 12.0 Å². The molecule has 2 aliphatic heterocycles. The Morgan fingerprint density at radius 1 is 0.914 bits per heavy atom. The second-order valence-electron chi connectivity index (χ2n) is 10.1. The summed E-state index contributed by atoms with van der Waals surface area (Å²) < 4.78 is 11.8. The Morgan fingerprint density at radius 3 is 2.20 bits per heavy atom. The van der Waals surface area contributed by atoms with Crippen LogP contribution >= 0.6 is 0 Å². The third kappa shape index (κ3) is 4.01. The van der Waals surface area contributed by atoms with Crippen LogP contribution in [0.25, 0.3) is 16.7 Å². The van der Waals surface area contributed by atoms with Crippen molar-refractivity contribution in [2.45, 2.75) is 57.2 Å². The maximum Gasteiger partial charge on any atom is 0.410 e. The van der Waals surface area contributed by atoms with Gasteiger partial charge in [-0.2, -0.15) is 0 Å². The zero-order chi connectivity index (χ0) is 23.9. The van der Waals surface area contributed by atoms with Crippen LogP contribution in [0.5, 0.6) is 5.75 Å². The van der Waals surface area contributed by atoms with Crippen LogP contribution in [0.3, 0.4) is 0 Å². The fourth-order valence-corrected chi connectivity index (χ4v) is 6.02. The van der Waals surface area contributed by atoms with Crippen molar-refractivity contribution in [2.75, 3.05) is 6.61 Å². The number of fused-ring (bicyclic) bond motifs is 5. The van der Waals surface area contributed by atoms with Crippen LogP contribution in [0.4, 0.5) is 4.79 Å². The molecule has 3 aromatic rings. The van der Waals surface area contributed by atoms with Crippen LogP contribution in [0.15, 0.2) is 78.9 Å². The molecule has 0 N–H and O–H groups in total. The molecule has 0 saturated carbocycles. The SMILES string of the molecule is CC(C)Oc1ccc(C2=CC3CCC(C2)N3C(=O)OCC2c3ccccc3-c3ccccc32)cc1. The number of hydrogen-bond donors (Lipinski definition) is 0. The summed E-state index contributed by atoms with van der Waals surface area (Å²) in [6.07, 6.45) is 5.12. The molecule has 3 aliphatic rings. The lowest BCUT2D eigenvalue weighted by atomic mass is 9.95. The summed E-state index contributed by atoms with van der Waals surface area (Å²) in [5.41, 5.74) is 7.52. The molecule has 3 aromatic carbocycles. The summed E-state index contributed by atoms with van der Waals surface area (Å²) in [4.78, 5) is 15.3. The number of ether oxygens (including phenoxy) is 2. The molecule has 2 bridgehead atoms. The van der Waals surface area contributed by atoms with Crippen LogP contribution in [-0.4, -0.2) is 35.8 Å². The fraction of sp³-hybridized carbons (Fsp3) is 0.323. The van der Waals surface area contributed by atoms with E-state index in [0.29, 0.717) is 6.61 Å². The lowest BCUT2D eigenvalue weighted by molar-refractivity contribution is 0.0866. The van der Waals surface area contributed by atoms with E-state index in [1.165, 1.54) is 33.4 Å². The van der Waals surface area contributed by atoms with Crippen molar-refractivity contribution in [3.63, 3.8) is 0 Å². The molecular weight excluding hydrogens is 434 g/mol. The summed E-state index contributed by atoms with van der Waals surface area (Å²) in [6, 6.07) is 25.6. The van der Waals surface area contributed by atoms with Gasteiger partial charge in [0.2, 0.25) is 0 Å². The number of benzene rings is 3. The Labute approximate surface area is 207 Å². The monoisotopic (exact) mass is 465 g/mol. The maximum absolute atomic E-state index is 13.3. The molecule has 4 heteroatoms. The normalized spacial score (nSPS) is 20.4. The Bertz CT molecular complexity index is 1230. The molecule has 2 unspecified atom stereocenters. The lowest BCUT2D eigenvalue weighted by Gasteiger charge is -2.33. The summed E-state index contributed by atoms with van der Waals surface area (Å²) in [6.45, 7) is 4.44. The minimum absolute atomic E-state index is 0.0893. The minimum atomic E-state index is -0.185. The molecule has 4 nitrogen and oxygen atoms in total. The standard InChI is InChI=1S/C31H31NO3/c1-20(2)35-25-15-11-21(12-16-25)22-17-23-13-14-24(18-22)32(23)31(33)34-19-30-28-9-5-3-7-26(28)27-8-4-6-10-29(27)30/h3-12,15-17,20,23-24,30H,13-14,18-19H2,1-2H3. The lowest BCUT2D eigenvalue weighted by Crippen LogP contribution is -2.43. The number of carbonyl (C=O) groups is 1. The van der Waals surface area contributed by atoms with Gasteiger partial charge in [-0.3, -0.25) is 4.90 Å². The van der Waals surface area contributed by atoms with E-state index >= 15 is 0 Å². The van der Waals surface area contributed by atoms with Gasteiger partial charge in [0.25, 0.3) is 0 Å². The first-order valence-corrected chi connectivity index (χ1v) is 12.7. The molecule has 0 radical (unpaired) electrons. The predicted octanol–water partition coefficient (Wildman–Crippen LogP) is 7.04. The van der Waals surface area contributed by atoms with E-state index in [1.807, 2.05) is 30.9 Å². The first-order valence-electron chi connectivity index (χ1n) is 12.7. The van der Waals surface area contributed by atoms with Crippen molar-refractivity contribution in [1.82, 2.24) is 4.90 Å². The molecule has 2 atom stereocenters. The highest BCUT2D eigenvalue weighted by atomic mass is 16.6. The molecule has 35 heavy (non-hydrogen) atoms. The number of carbonyl (C=O) groups excluding carboxylic acids is 1. The van der Waals surface area contributed by atoms with Gasteiger partial charge < -0.3 is 9.47 Å². The Hall–Kier alpha value is -3.53. The molecule has 1 saturated heterocycles. The smallest absolute Gasteiger partial charge is 0.410 e. The van der Waals surface area contributed by atoms with Gasteiger partial charge >= 0.3 is 6.09 Å². The highest BCUT2D eigenvalue weighted by Gasteiger charge is 2.41. The maximum atomic E-state index is 13.3. The van der Waals surface area contributed by atoms with Crippen molar-refractivity contribution in [1.29, 1.82) is 0 Å². The number of nitrogens with zero attached hydrogens (tertiary/aromatic N) is 1. The second-order valence-corrected chi connectivity index (χ2v) is 10.1. The Balaban J connectivity index is 1.16. The molecule has 1 amide bonds. The first kappa shape index (κ1) is 22.0. The van der Waals surface area contributed by atoms with Crippen molar-refractivity contribution in [3.05, 3.63) is 95.6 Å². The predicted molar refractivity (Wildman–Crippen MR) is 139 cm³/mol. The Morgan fingerprint density at radius 2 is 1.57 bits per heavy atom. The Kier molecular flexibility index (Phi) is 5.60. The van der Waals surface area contributed by atoms with E-state index in [-0.39, 0.29) is 30.2 Å². The van der Waals surface area contributed by atoms with Crippen LogP contribution in [0.1, 0.15) is 55.7 Å². The van der Waals surface area contributed by atoms with Crippen molar-refractivity contribution in [3.8, 4) is 16.9 Å². The molecule has 1 fully saturated rings. The van der Waals surface area contributed by atoms with Crippen LogP contribution in [0.2, 0.25) is 0 Å². The van der Waals surface area contributed by atoms with Gasteiger partial charge in [0.05, 0.1) is 12.1 Å². The van der Waals surface area contributed by atoms with Crippen molar-refractivity contribution in [2.24, 2.45) is 0 Å². The third-order valence-electron chi connectivity index (χ3n) is 7.54. The zero-order valence-electron chi connectivity index (χ0n) is 20.3. The van der Waals surface area contributed by atoms with Gasteiger partial charge in [0.15, 0.2) is 0 Å². The van der Waals surface area contributed by atoms with Crippen LogP contribution in [0, 0.1) is 0 Å². The molecule has 1 aliphatic carbocycles. The molecule has 2 heterocycles. The average molecular weight is 466 g/mol. The first-order chi connectivity index (χ1) is 17.1. The minimum Gasteiger partial charge on any atom is -0.491 e. The highest BCUT2D eigenvalue weighted by Crippen LogP contribution is 2.45. The molecule has 6 rings (SSSR count). The second kappa shape index (κ2) is 8.92. The zero-order valence-corrected chi connectivity index (χ0v) is 20.3. The van der Waals surface area contributed by atoms with E-state index in [1.54, 1.807) is 0 Å². The highest BCUT2D eigenvalue weighted by molar-refractivity contribution is 5.79. The summed E-state index contributed by atoms with van der Waals surface area (Å²) in [5.74, 6) is 0.981. The van der Waals surface area contributed by atoms with Gasteiger partial charge in [-0.15, -0.1) is 0 Å². The van der Waals surface area contributed by atoms with Gasteiger partial charge in [0.1, 0.15) is 12.4 Å². The third-order valence-corrected chi connectivity index (χ3v) is 7.54. The van der Waals surface area contributed by atoms with Gasteiger partial charge in [-0.05, 0) is 78.6 Å². The largest absolute Gasteiger partial charge is 0.491 e. The summed E-state index contributed by atoms with van der Waals surface area (Å²) in [5, 5.41) is 0. The van der Waals surface area contributed by atoms with Gasteiger partial charge in [-0.1, -0.05) is 66.7 Å². The number of rotatable bonds is 5. The quantitative estimate of drug-likeness (QED) is 0.405. The average Bonchev–Trinajstić information content (AvgIpc) is 3.33. The van der Waals surface area contributed by atoms with Crippen LogP contribution < -0.4 is 4.74 Å². The van der Waals surface area contributed by atoms with E-state index in [0.717, 1.165) is 25.0 Å². The number of amides is 1. The van der Waals surface area contributed by atoms with Crippen LogP contribution in [-0.2, 0) is 4.74 Å². The summed E-state index contributed by atoms with van der Waals surface area (Å²) in [7, 11) is 0. The van der Waals surface area contributed by atoms with Crippen molar-refractivity contribution < 1.29 is 14.3 Å². The molecular formula is C31H31NO3. The fourth-order valence-electron chi connectivity index (χ4n) is 6.02. The number of hydrogen-bond acceptors (Lipinski definition) is 3. The van der Waals surface area contributed by atoms with E-state index in [2.05, 4.69) is 66.7 Å². The van der Waals surface area contributed by atoms with E-state index in [4.69, 9.17) is 9.47 Å². The molecule has 0 aromatic heterocycles. The van der Waals surface area contributed by atoms with E-state index in [9.17, 15) is 4.79 Å². The molecule has 178 valence electrons.